The fourth-order valence-corrected chi connectivity index (χ4v) is 1.62. The molecule has 0 aliphatic carbocycles. The second-order valence-corrected chi connectivity index (χ2v) is 3.34. The van der Waals surface area contributed by atoms with E-state index < -0.39 is 0 Å². The highest BCUT2D eigenvalue weighted by molar-refractivity contribution is 7.10. The molecule has 0 aliphatic heterocycles. The molecular formula is C8H12NOS. The molecule has 0 aliphatic rings. The highest BCUT2D eigenvalue weighted by Gasteiger charge is 2.06. The number of hydrogen-bond acceptors (Lipinski definition) is 2. The summed E-state index contributed by atoms with van der Waals surface area (Å²) in [4.78, 5) is 1.04. The average molecular weight is 170 g/mol. The zero-order valence-corrected chi connectivity index (χ0v) is 7.34. The van der Waals surface area contributed by atoms with Crippen LogP contribution in [-0.2, 0) is 0 Å². The van der Waals surface area contributed by atoms with Crippen molar-refractivity contribution in [1.29, 1.82) is 0 Å². The van der Waals surface area contributed by atoms with Gasteiger partial charge < -0.3 is 5.11 Å². The average Bonchev–Trinajstić information content (AvgIpc) is 2.52. The molecule has 0 saturated heterocycles. The van der Waals surface area contributed by atoms with Gasteiger partial charge in [0.05, 0.1) is 6.10 Å². The van der Waals surface area contributed by atoms with E-state index >= 15 is 0 Å². The van der Waals surface area contributed by atoms with Gasteiger partial charge in [0.2, 0.25) is 0 Å². The van der Waals surface area contributed by atoms with Crippen molar-refractivity contribution in [3.63, 3.8) is 0 Å². The van der Waals surface area contributed by atoms with Crippen LogP contribution in [0.1, 0.15) is 17.4 Å². The summed E-state index contributed by atoms with van der Waals surface area (Å²) in [5, 5.41) is 15.4. The van der Waals surface area contributed by atoms with E-state index in [4.69, 9.17) is 0 Å². The molecule has 3 heteroatoms. The van der Waals surface area contributed by atoms with Crippen molar-refractivity contribution >= 4 is 11.3 Å². The van der Waals surface area contributed by atoms with Crippen molar-refractivity contribution in [1.82, 2.24) is 5.32 Å². The Balaban J connectivity index is 2.36. The molecule has 1 aromatic heterocycles. The van der Waals surface area contributed by atoms with Crippen LogP contribution < -0.4 is 5.32 Å². The highest BCUT2D eigenvalue weighted by atomic mass is 32.1. The molecule has 61 valence electrons. The Hall–Kier alpha value is -0.380. The van der Waals surface area contributed by atoms with E-state index in [0.29, 0.717) is 0 Å². The molecule has 1 N–H and O–H groups in total. The summed E-state index contributed by atoms with van der Waals surface area (Å²) in [7, 11) is 1.77. The summed E-state index contributed by atoms with van der Waals surface area (Å²) in [6.07, 6.45) is 0.412. The van der Waals surface area contributed by atoms with Crippen molar-refractivity contribution < 1.29 is 5.11 Å². The maximum absolute atomic E-state index is 9.49. The summed E-state index contributed by atoms with van der Waals surface area (Å²) < 4.78 is 0. The summed E-state index contributed by atoms with van der Waals surface area (Å²) in [5.74, 6) is 0. The molecule has 1 unspecified atom stereocenters. The Morgan fingerprint density at radius 2 is 2.55 bits per heavy atom. The van der Waals surface area contributed by atoms with Gasteiger partial charge in [-0.3, -0.25) is 0 Å². The molecule has 1 rings (SSSR count). The predicted octanol–water partition coefficient (Wildman–Crippen LogP) is 1.41. The van der Waals surface area contributed by atoms with Crippen molar-refractivity contribution in [2.75, 3.05) is 13.6 Å². The van der Waals surface area contributed by atoms with Crippen LogP contribution in [0, 0.1) is 0 Å². The third-order valence-corrected chi connectivity index (χ3v) is 2.47. The van der Waals surface area contributed by atoms with E-state index in [-0.39, 0.29) is 6.10 Å². The lowest BCUT2D eigenvalue weighted by Crippen LogP contribution is -2.05. The smallest absolute Gasteiger partial charge is 0.0894 e. The second-order valence-electron chi connectivity index (χ2n) is 2.36. The first-order valence-corrected chi connectivity index (χ1v) is 4.49. The molecule has 0 bridgehead atoms. The molecule has 1 heterocycles. The first-order chi connectivity index (χ1) is 5.34. The SMILES string of the molecule is C[N]CCC(O)c1cccs1. The quantitative estimate of drug-likeness (QED) is 0.728. The normalized spacial score (nSPS) is 13.3. The number of rotatable bonds is 4. The lowest BCUT2D eigenvalue weighted by Gasteiger charge is -2.05. The van der Waals surface area contributed by atoms with E-state index in [9.17, 15) is 5.11 Å². The Kier molecular flexibility index (Phi) is 3.56. The summed E-state index contributed by atoms with van der Waals surface area (Å²) >= 11 is 1.59. The topological polar surface area (TPSA) is 34.3 Å². The van der Waals surface area contributed by atoms with Crippen LogP contribution in [0.3, 0.4) is 0 Å². The van der Waals surface area contributed by atoms with Crippen LogP contribution >= 0.6 is 11.3 Å². The fourth-order valence-electron chi connectivity index (χ4n) is 0.875. The van der Waals surface area contributed by atoms with Crippen LogP contribution in [0.4, 0.5) is 0 Å². The van der Waals surface area contributed by atoms with Gasteiger partial charge in [0, 0.05) is 18.5 Å². The summed E-state index contributed by atoms with van der Waals surface area (Å²) in [6, 6.07) is 3.90. The van der Waals surface area contributed by atoms with Crippen LogP contribution in [0.15, 0.2) is 17.5 Å². The second kappa shape index (κ2) is 4.49. The van der Waals surface area contributed by atoms with Crippen LogP contribution in [0.2, 0.25) is 0 Å². The van der Waals surface area contributed by atoms with E-state index in [2.05, 4.69) is 5.32 Å². The molecule has 0 aromatic carbocycles. The van der Waals surface area contributed by atoms with Crippen LogP contribution in [0.5, 0.6) is 0 Å². The van der Waals surface area contributed by atoms with Crippen molar-refractivity contribution in [3.05, 3.63) is 22.4 Å². The fraction of sp³-hybridized carbons (Fsp3) is 0.500. The van der Waals surface area contributed by atoms with Gasteiger partial charge in [0.1, 0.15) is 0 Å². The third kappa shape index (κ3) is 2.61. The van der Waals surface area contributed by atoms with Gasteiger partial charge in [0.15, 0.2) is 0 Å². The molecule has 1 radical (unpaired) electrons. The lowest BCUT2D eigenvalue weighted by atomic mass is 10.2. The Morgan fingerprint density at radius 1 is 1.73 bits per heavy atom. The summed E-state index contributed by atoms with van der Waals surface area (Å²) in [6.45, 7) is 0.735. The molecule has 1 aromatic rings. The number of aliphatic hydroxyl groups excluding tert-OH is 1. The maximum Gasteiger partial charge on any atom is 0.0894 e. The van der Waals surface area contributed by atoms with Gasteiger partial charge in [0.25, 0.3) is 0 Å². The molecule has 0 saturated carbocycles. The molecule has 1 atom stereocenters. The molecule has 0 amide bonds. The zero-order chi connectivity index (χ0) is 8.10. The van der Waals surface area contributed by atoms with Gasteiger partial charge in [-0.05, 0) is 17.9 Å². The number of hydrogen-bond donors (Lipinski definition) is 1. The van der Waals surface area contributed by atoms with Crippen molar-refractivity contribution in [2.24, 2.45) is 0 Å². The van der Waals surface area contributed by atoms with Gasteiger partial charge in [-0.2, -0.15) is 0 Å². The van der Waals surface area contributed by atoms with E-state index in [1.54, 1.807) is 18.4 Å². The van der Waals surface area contributed by atoms with Crippen molar-refractivity contribution in [2.45, 2.75) is 12.5 Å². The first kappa shape index (κ1) is 8.71. The Bertz CT molecular complexity index is 186. The van der Waals surface area contributed by atoms with Crippen LogP contribution in [-0.4, -0.2) is 18.7 Å². The molecular weight excluding hydrogens is 158 g/mol. The first-order valence-electron chi connectivity index (χ1n) is 3.61. The standard InChI is InChI=1S/C8H12NOS/c1-9-5-4-7(10)8-3-2-6-11-8/h2-3,6-7,10H,4-5H2,1H3. The van der Waals surface area contributed by atoms with Gasteiger partial charge in [-0.1, -0.05) is 6.07 Å². The molecule has 2 nitrogen and oxygen atoms in total. The number of aliphatic hydroxyl groups is 1. The minimum absolute atomic E-state index is 0.321. The minimum Gasteiger partial charge on any atom is -0.388 e. The Labute approximate surface area is 70.9 Å². The lowest BCUT2D eigenvalue weighted by molar-refractivity contribution is 0.171. The van der Waals surface area contributed by atoms with E-state index in [1.165, 1.54) is 0 Å². The monoisotopic (exact) mass is 170 g/mol. The predicted molar refractivity (Wildman–Crippen MR) is 46.8 cm³/mol. The third-order valence-electron chi connectivity index (χ3n) is 1.50. The largest absolute Gasteiger partial charge is 0.388 e. The van der Waals surface area contributed by atoms with Crippen LogP contribution in [0.25, 0.3) is 0 Å². The molecule has 11 heavy (non-hydrogen) atoms. The van der Waals surface area contributed by atoms with E-state index in [1.807, 2.05) is 17.5 Å². The van der Waals surface area contributed by atoms with Gasteiger partial charge in [-0.15, -0.1) is 11.3 Å². The number of nitrogens with zero attached hydrogens (tertiary/aromatic N) is 1. The highest BCUT2D eigenvalue weighted by Crippen LogP contribution is 2.20. The Morgan fingerprint density at radius 3 is 3.09 bits per heavy atom. The molecule has 0 fully saturated rings. The minimum atomic E-state index is -0.321. The maximum atomic E-state index is 9.49. The van der Waals surface area contributed by atoms with Gasteiger partial charge in [-0.25, -0.2) is 5.32 Å². The van der Waals surface area contributed by atoms with Gasteiger partial charge >= 0.3 is 0 Å². The molecule has 0 spiro atoms. The number of thiophene rings is 1. The van der Waals surface area contributed by atoms with E-state index in [0.717, 1.165) is 17.8 Å². The zero-order valence-electron chi connectivity index (χ0n) is 6.53. The van der Waals surface area contributed by atoms with Crippen molar-refractivity contribution in [3.8, 4) is 0 Å². The summed E-state index contributed by atoms with van der Waals surface area (Å²) in [5.41, 5.74) is 0.